The molecule has 0 aliphatic heterocycles. The number of aliphatic hydroxyl groups is 1. The van der Waals surface area contributed by atoms with Gasteiger partial charge in [0.1, 0.15) is 0 Å². The maximum absolute atomic E-state index is 11.5. The molecule has 0 aliphatic rings. The Balaban J connectivity index is 2.71. The molecule has 0 bridgehead atoms. The second-order valence-electron chi connectivity index (χ2n) is 4.58. The van der Waals surface area contributed by atoms with E-state index in [4.69, 9.17) is 21.4 Å². The average Bonchev–Trinajstić information content (AvgIpc) is 2.41. The number of aliphatic carboxylic acids is 1. The van der Waals surface area contributed by atoms with Crippen LogP contribution in [-0.2, 0) is 16.0 Å². The van der Waals surface area contributed by atoms with Crippen LogP contribution in [0.4, 0.5) is 4.79 Å². The van der Waals surface area contributed by atoms with Crippen LogP contribution in [0, 0.1) is 0 Å². The molecule has 0 aromatic heterocycles. The van der Waals surface area contributed by atoms with Gasteiger partial charge in [-0.15, -0.1) is 0 Å². The first kappa shape index (κ1) is 17.3. The Morgan fingerprint density at radius 3 is 2.48 bits per heavy atom. The predicted molar refractivity (Wildman–Crippen MR) is 77.1 cm³/mol. The molecule has 0 saturated carbocycles. The second kappa shape index (κ2) is 7.85. The van der Waals surface area contributed by atoms with E-state index >= 15 is 0 Å². The van der Waals surface area contributed by atoms with Crippen LogP contribution in [0.25, 0.3) is 0 Å². The van der Waals surface area contributed by atoms with Gasteiger partial charge in [-0.05, 0) is 24.1 Å². The molecular weight excluding hydrogens is 298 g/mol. The highest BCUT2D eigenvalue weighted by atomic mass is 35.5. The lowest BCUT2D eigenvalue weighted by atomic mass is 10.0. The Kier molecular flexibility index (Phi) is 6.45. The number of hydrogen-bond donors (Lipinski definition) is 3. The summed E-state index contributed by atoms with van der Waals surface area (Å²) in [5.74, 6) is -1.56. The summed E-state index contributed by atoms with van der Waals surface area (Å²) in [5, 5.41) is 21.7. The third-order valence-corrected chi connectivity index (χ3v) is 3.02. The van der Waals surface area contributed by atoms with Gasteiger partial charge in [0, 0.05) is 11.4 Å². The Morgan fingerprint density at radius 2 is 1.95 bits per heavy atom. The number of ether oxygens (including phenoxy) is 1. The molecule has 1 rings (SSSR count). The zero-order valence-corrected chi connectivity index (χ0v) is 12.4. The van der Waals surface area contributed by atoms with Crippen molar-refractivity contribution in [2.75, 3.05) is 6.61 Å². The number of benzene rings is 1. The molecule has 1 unspecified atom stereocenters. The number of nitrogens with one attached hydrogen (secondary N) is 1. The highest BCUT2D eigenvalue weighted by Gasteiger charge is 2.38. The van der Waals surface area contributed by atoms with Gasteiger partial charge in [-0.2, -0.15) is 0 Å². The van der Waals surface area contributed by atoms with E-state index < -0.39 is 17.8 Å². The minimum Gasteiger partial charge on any atom is -0.478 e. The van der Waals surface area contributed by atoms with Crippen LogP contribution in [0.2, 0.25) is 5.02 Å². The molecule has 0 radical (unpaired) electrons. The van der Waals surface area contributed by atoms with Crippen molar-refractivity contribution in [1.29, 1.82) is 0 Å². The van der Waals surface area contributed by atoms with Crippen LogP contribution in [0.1, 0.15) is 25.3 Å². The SMILES string of the molecule is CCCCOC(=O)NC(O)(Cc1ccc(Cl)cc1)C(=O)O. The number of carbonyl (C=O) groups is 2. The maximum Gasteiger partial charge on any atom is 0.409 e. The first-order valence-corrected chi connectivity index (χ1v) is 6.90. The van der Waals surface area contributed by atoms with Crippen molar-refractivity contribution >= 4 is 23.7 Å². The molecule has 116 valence electrons. The van der Waals surface area contributed by atoms with E-state index in [1.807, 2.05) is 12.2 Å². The fraction of sp³-hybridized carbons (Fsp3) is 0.429. The molecule has 0 heterocycles. The largest absolute Gasteiger partial charge is 0.478 e. The normalized spacial score (nSPS) is 13.3. The van der Waals surface area contributed by atoms with Crippen molar-refractivity contribution < 1.29 is 24.5 Å². The lowest BCUT2D eigenvalue weighted by Gasteiger charge is -2.24. The minimum absolute atomic E-state index is 0.166. The summed E-state index contributed by atoms with van der Waals surface area (Å²) in [7, 11) is 0. The number of rotatable bonds is 7. The Bertz CT molecular complexity index is 491. The summed E-state index contributed by atoms with van der Waals surface area (Å²) in [6.07, 6.45) is 0.224. The van der Waals surface area contributed by atoms with Gasteiger partial charge in [0.25, 0.3) is 0 Å². The number of carbonyl (C=O) groups excluding carboxylic acids is 1. The molecule has 21 heavy (non-hydrogen) atoms. The zero-order valence-electron chi connectivity index (χ0n) is 11.6. The second-order valence-corrected chi connectivity index (χ2v) is 5.02. The number of amides is 1. The van der Waals surface area contributed by atoms with Crippen molar-refractivity contribution in [3.05, 3.63) is 34.9 Å². The summed E-state index contributed by atoms with van der Waals surface area (Å²) in [4.78, 5) is 22.7. The molecule has 1 aromatic rings. The number of unbranched alkanes of at least 4 members (excludes halogenated alkanes) is 1. The van der Waals surface area contributed by atoms with Crippen molar-refractivity contribution in [1.82, 2.24) is 5.32 Å². The van der Waals surface area contributed by atoms with E-state index in [1.54, 1.807) is 24.3 Å². The van der Waals surface area contributed by atoms with Crippen LogP contribution < -0.4 is 5.32 Å². The van der Waals surface area contributed by atoms with Crippen molar-refractivity contribution in [3.63, 3.8) is 0 Å². The van der Waals surface area contributed by atoms with Gasteiger partial charge in [0.15, 0.2) is 0 Å². The first-order chi connectivity index (χ1) is 9.87. The smallest absolute Gasteiger partial charge is 0.409 e. The highest BCUT2D eigenvalue weighted by molar-refractivity contribution is 6.30. The van der Waals surface area contributed by atoms with E-state index in [0.29, 0.717) is 17.0 Å². The molecule has 0 fully saturated rings. The van der Waals surface area contributed by atoms with Crippen LogP contribution in [-0.4, -0.2) is 34.6 Å². The molecular formula is C14H18ClNO5. The summed E-state index contributed by atoms with van der Waals surface area (Å²) in [6.45, 7) is 2.09. The van der Waals surface area contributed by atoms with Gasteiger partial charge in [0.2, 0.25) is 5.72 Å². The average molecular weight is 316 g/mol. The van der Waals surface area contributed by atoms with Crippen LogP contribution in [0.5, 0.6) is 0 Å². The van der Waals surface area contributed by atoms with E-state index in [2.05, 4.69) is 0 Å². The van der Waals surface area contributed by atoms with Gasteiger partial charge in [-0.3, -0.25) is 5.32 Å². The number of halogens is 1. The molecule has 0 saturated heterocycles. The van der Waals surface area contributed by atoms with Gasteiger partial charge in [-0.25, -0.2) is 9.59 Å². The van der Waals surface area contributed by atoms with Crippen LogP contribution in [0.3, 0.4) is 0 Å². The van der Waals surface area contributed by atoms with E-state index in [1.165, 1.54) is 0 Å². The molecule has 1 amide bonds. The van der Waals surface area contributed by atoms with Crippen molar-refractivity contribution in [2.45, 2.75) is 31.9 Å². The summed E-state index contributed by atoms with van der Waals surface area (Å²) >= 11 is 5.73. The third kappa shape index (κ3) is 5.61. The van der Waals surface area contributed by atoms with Gasteiger partial charge in [0.05, 0.1) is 6.61 Å². The molecule has 0 spiro atoms. The molecule has 6 nitrogen and oxygen atoms in total. The molecule has 1 atom stereocenters. The lowest BCUT2D eigenvalue weighted by molar-refractivity contribution is -0.161. The Hall–Kier alpha value is -1.79. The molecule has 0 aliphatic carbocycles. The lowest BCUT2D eigenvalue weighted by Crippen LogP contribution is -2.56. The predicted octanol–water partition coefficient (Wildman–Crippen LogP) is 2.18. The van der Waals surface area contributed by atoms with Gasteiger partial charge >= 0.3 is 12.1 Å². The van der Waals surface area contributed by atoms with E-state index in [-0.39, 0.29) is 13.0 Å². The van der Waals surface area contributed by atoms with Crippen molar-refractivity contribution in [2.24, 2.45) is 0 Å². The van der Waals surface area contributed by atoms with Crippen molar-refractivity contribution in [3.8, 4) is 0 Å². The number of alkyl carbamates (subject to hydrolysis) is 1. The topological polar surface area (TPSA) is 95.9 Å². The van der Waals surface area contributed by atoms with Gasteiger partial charge in [-0.1, -0.05) is 37.1 Å². The quantitative estimate of drug-likeness (QED) is 0.529. The fourth-order valence-corrected chi connectivity index (χ4v) is 1.71. The standard InChI is InChI=1S/C14H18ClNO5/c1-2-3-8-21-13(19)16-14(20,12(17)18)9-10-4-6-11(15)7-5-10/h4-7,20H,2-3,8-9H2,1H3,(H,16,19)(H,17,18). The summed E-state index contributed by atoms with van der Waals surface area (Å²) in [6, 6.07) is 6.28. The van der Waals surface area contributed by atoms with Crippen LogP contribution in [0.15, 0.2) is 24.3 Å². The Labute approximate surface area is 127 Å². The Morgan fingerprint density at radius 1 is 1.33 bits per heavy atom. The summed E-state index contributed by atoms with van der Waals surface area (Å²) in [5.41, 5.74) is -1.92. The number of hydrogen-bond acceptors (Lipinski definition) is 4. The fourth-order valence-electron chi connectivity index (χ4n) is 1.59. The van der Waals surface area contributed by atoms with Crippen LogP contribution >= 0.6 is 11.6 Å². The highest BCUT2D eigenvalue weighted by Crippen LogP contribution is 2.15. The third-order valence-electron chi connectivity index (χ3n) is 2.77. The van der Waals surface area contributed by atoms with E-state index in [9.17, 15) is 14.7 Å². The van der Waals surface area contributed by atoms with E-state index in [0.717, 1.165) is 6.42 Å². The van der Waals surface area contributed by atoms with Gasteiger partial charge < -0.3 is 14.9 Å². The minimum atomic E-state index is -2.43. The molecule has 7 heteroatoms. The molecule has 3 N–H and O–H groups in total. The number of carboxylic acids is 1. The number of carboxylic acid groups (broad SMARTS) is 1. The molecule has 1 aromatic carbocycles. The monoisotopic (exact) mass is 315 g/mol. The maximum atomic E-state index is 11.5. The first-order valence-electron chi connectivity index (χ1n) is 6.52. The summed E-state index contributed by atoms with van der Waals surface area (Å²) < 4.78 is 4.79. The zero-order chi connectivity index (χ0) is 15.9.